The minimum atomic E-state index is -0.0776. The molecule has 6 nitrogen and oxygen atoms in total. The molecule has 0 aliphatic heterocycles. The smallest absolute Gasteiger partial charge is 0.321 e. The molecule has 1 aromatic heterocycles. The van der Waals surface area contributed by atoms with Crippen LogP contribution in [0.15, 0.2) is 4.52 Å². The summed E-state index contributed by atoms with van der Waals surface area (Å²) >= 11 is 0. The summed E-state index contributed by atoms with van der Waals surface area (Å²) in [7, 11) is 0. The topological polar surface area (TPSA) is 80.0 Å². The third kappa shape index (κ3) is 3.88. The van der Waals surface area contributed by atoms with Gasteiger partial charge in [0, 0.05) is 12.5 Å². The van der Waals surface area contributed by atoms with E-state index in [0.717, 1.165) is 6.42 Å². The van der Waals surface area contributed by atoms with Gasteiger partial charge in [0.25, 0.3) is 0 Å². The number of amides is 1. The first-order valence-electron chi connectivity index (χ1n) is 5.47. The highest BCUT2D eigenvalue weighted by Crippen LogP contribution is 2.11. The molecule has 0 fully saturated rings. The van der Waals surface area contributed by atoms with Gasteiger partial charge in [0.05, 0.1) is 6.54 Å². The standard InChI is InChI=1S/C10H18N4O2/c1-4-5-11-8(15)6-12-10-13-9(7(2)3)14-16-10/h7H,4-6H2,1-3H3,(H,11,15)(H,12,13,14). The largest absolute Gasteiger partial charge is 0.355 e. The fraction of sp³-hybridized carbons (Fsp3) is 0.700. The molecule has 0 bridgehead atoms. The van der Waals surface area contributed by atoms with Crippen molar-refractivity contribution in [2.24, 2.45) is 0 Å². The van der Waals surface area contributed by atoms with Crippen molar-refractivity contribution in [2.75, 3.05) is 18.4 Å². The monoisotopic (exact) mass is 226 g/mol. The van der Waals surface area contributed by atoms with Crippen LogP contribution in [0, 0.1) is 0 Å². The Morgan fingerprint density at radius 1 is 1.50 bits per heavy atom. The van der Waals surface area contributed by atoms with E-state index in [9.17, 15) is 4.79 Å². The van der Waals surface area contributed by atoms with E-state index in [-0.39, 0.29) is 24.4 Å². The molecule has 0 saturated carbocycles. The van der Waals surface area contributed by atoms with E-state index in [1.165, 1.54) is 0 Å². The highest BCUT2D eigenvalue weighted by Gasteiger charge is 2.09. The van der Waals surface area contributed by atoms with Crippen LogP contribution in [0.5, 0.6) is 0 Å². The molecule has 0 radical (unpaired) electrons. The molecular weight excluding hydrogens is 208 g/mol. The van der Waals surface area contributed by atoms with E-state index in [1.807, 2.05) is 20.8 Å². The molecule has 0 aliphatic carbocycles. The number of anilines is 1. The first-order valence-corrected chi connectivity index (χ1v) is 5.47. The zero-order valence-electron chi connectivity index (χ0n) is 9.91. The number of carbonyl (C=O) groups is 1. The lowest BCUT2D eigenvalue weighted by molar-refractivity contribution is -0.119. The molecule has 2 N–H and O–H groups in total. The molecule has 0 atom stereocenters. The number of carbonyl (C=O) groups excluding carboxylic acids is 1. The summed E-state index contributed by atoms with van der Waals surface area (Å²) in [5, 5.41) is 9.29. The summed E-state index contributed by atoms with van der Waals surface area (Å²) in [6, 6.07) is 0.287. The lowest BCUT2D eigenvalue weighted by Gasteiger charge is -2.02. The molecular formula is C10H18N4O2. The third-order valence-electron chi connectivity index (χ3n) is 1.93. The normalized spacial score (nSPS) is 10.5. The minimum Gasteiger partial charge on any atom is -0.355 e. The van der Waals surface area contributed by atoms with E-state index in [1.54, 1.807) is 0 Å². The van der Waals surface area contributed by atoms with Crippen LogP contribution in [0.2, 0.25) is 0 Å². The summed E-state index contributed by atoms with van der Waals surface area (Å²) in [5.41, 5.74) is 0. The fourth-order valence-electron chi connectivity index (χ4n) is 1.02. The van der Waals surface area contributed by atoms with Crippen LogP contribution in [-0.4, -0.2) is 29.1 Å². The average Bonchev–Trinajstić information content (AvgIpc) is 2.72. The van der Waals surface area contributed by atoms with Gasteiger partial charge in [-0.2, -0.15) is 4.98 Å². The number of nitrogens with zero attached hydrogens (tertiary/aromatic N) is 2. The van der Waals surface area contributed by atoms with Crippen molar-refractivity contribution in [1.29, 1.82) is 0 Å². The number of hydrogen-bond acceptors (Lipinski definition) is 5. The van der Waals surface area contributed by atoms with Gasteiger partial charge in [0.15, 0.2) is 5.82 Å². The van der Waals surface area contributed by atoms with Crippen molar-refractivity contribution in [3.63, 3.8) is 0 Å². The van der Waals surface area contributed by atoms with Crippen LogP contribution in [-0.2, 0) is 4.79 Å². The molecule has 1 amide bonds. The zero-order chi connectivity index (χ0) is 12.0. The molecule has 6 heteroatoms. The molecule has 90 valence electrons. The van der Waals surface area contributed by atoms with E-state index in [0.29, 0.717) is 12.4 Å². The van der Waals surface area contributed by atoms with E-state index in [2.05, 4.69) is 20.8 Å². The fourth-order valence-corrected chi connectivity index (χ4v) is 1.02. The van der Waals surface area contributed by atoms with Crippen molar-refractivity contribution in [3.05, 3.63) is 5.82 Å². The Hall–Kier alpha value is -1.59. The van der Waals surface area contributed by atoms with Gasteiger partial charge in [0.1, 0.15) is 0 Å². The second-order valence-corrected chi connectivity index (χ2v) is 3.82. The molecule has 0 saturated heterocycles. The van der Waals surface area contributed by atoms with Crippen LogP contribution in [0.3, 0.4) is 0 Å². The van der Waals surface area contributed by atoms with E-state index < -0.39 is 0 Å². The molecule has 1 rings (SSSR count). The van der Waals surface area contributed by atoms with Gasteiger partial charge in [-0.1, -0.05) is 25.9 Å². The average molecular weight is 226 g/mol. The first-order chi connectivity index (χ1) is 7.63. The number of aromatic nitrogens is 2. The minimum absolute atomic E-state index is 0.0776. The molecule has 0 unspecified atom stereocenters. The number of nitrogens with one attached hydrogen (secondary N) is 2. The number of rotatable bonds is 6. The molecule has 16 heavy (non-hydrogen) atoms. The summed E-state index contributed by atoms with van der Waals surface area (Å²) in [6.07, 6.45) is 0.920. The van der Waals surface area contributed by atoms with Crippen LogP contribution in [0.1, 0.15) is 38.9 Å². The molecule has 1 heterocycles. The maximum atomic E-state index is 11.3. The van der Waals surface area contributed by atoms with E-state index in [4.69, 9.17) is 4.52 Å². The molecule has 1 aromatic rings. The second kappa shape index (κ2) is 6.09. The SMILES string of the molecule is CCCNC(=O)CNc1nc(C(C)C)no1. The predicted molar refractivity (Wildman–Crippen MR) is 60.2 cm³/mol. The molecule has 0 spiro atoms. The van der Waals surface area contributed by atoms with Gasteiger partial charge in [-0.05, 0) is 6.42 Å². The van der Waals surface area contributed by atoms with E-state index >= 15 is 0 Å². The van der Waals surface area contributed by atoms with Gasteiger partial charge >= 0.3 is 6.01 Å². The Morgan fingerprint density at radius 2 is 2.25 bits per heavy atom. The highest BCUT2D eigenvalue weighted by atomic mass is 16.5. The quantitative estimate of drug-likeness (QED) is 0.760. The summed E-state index contributed by atoms with van der Waals surface area (Å²) < 4.78 is 4.93. The van der Waals surface area contributed by atoms with Crippen molar-refractivity contribution in [2.45, 2.75) is 33.1 Å². The van der Waals surface area contributed by atoms with Crippen LogP contribution in [0.4, 0.5) is 6.01 Å². The summed E-state index contributed by atoms with van der Waals surface area (Å²) in [6.45, 7) is 6.78. The Labute approximate surface area is 94.8 Å². The Kier molecular flexibility index (Phi) is 4.75. The Bertz CT molecular complexity index is 335. The second-order valence-electron chi connectivity index (χ2n) is 3.82. The molecule has 0 aliphatic rings. The molecule has 0 aromatic carbocycles. The Morgan fingerprint density at radius 3 is 2.81 bits per heavy atom. The zero-order valence-corrected chi connectivity index (χ0v) is 9.91. The van der Waals surface area contributed by atoms with Crippen LogP contribution < -0.4 is 10.6 Å². The Balaban J connectivity index is 2.33. The summed E-state index contributed by atoms with van der Waals surface area (Å²) in [4.78, 5) is 15.3. The van der Waals surface area contributed by atoms with Gasteiger partial charge < -0.3 is 15.2 Å². The maximum absolute atomic E-state index is 11.3. The predicted octanol–water partition coefficient (Wildman–Crippen LogP) is 1.13. The van der Waals surface area contributed by atoms with Gasteiger partial charge in [-0.3, -0.25) is 4.79 Å². The lowest BCUT2D eigenvalue weighted by Crippen LogP contribution is -2.30. The van der Waals surface area contributed by atoms with Crippen molar-refractivity contribution >= 4 is 11.9 Å². The van der Waals surface area contributed by atoms with Crippen LogP contribution >= 0.6 is 0 Å². The van der Waals surface area contributed by atoms with Crippen LogP contribution in [0.25, 0.3) is 0 Å². The third-order valence-corrected chi connectivity index (χ3v) is 1.93. The summed E-state index contributed by atoms with van der Waals surface area (Å²) in [5.74, 6) is 0.774. The van der Waals surface area contributed by atoms with Gasteiger partial charge in [-0.25, -0.2) is 0 Å². The van der Waals surface area contributed by atoms with Crippen molar-refractivity contribution in [1.82, 2.24) is 15.5 Å². The van der Waals surface area contributed by atoms with Crippen molar-refractivity contribution in [3.8, 4) is 0 Å². The highest BCUT2D eigenvalue weighted by molar-refractivity contribution is 5.79. The number of hydrogen-bond donors (Lipinski definition) is 2. The maximum Gasteiger partial charge on any atom is 0.321 e. The van der Waals surface area contributed by atoms with Crippen molar-refractivity contribution < 1.29 is 9.32 Å². The first kappa shape index (κ1) is 12.5. The lowest BCUT2D eigenvalue weighted by atomic mass is 10.2. The van der Waals surface area contributed by atoms with Gasteiger partial charge in [-0.15, -0.1) is 0 Å². The van der Waals surface area contributed by atoms with Gasteiger partial charge in [0.2, 0.25) is 5.91 Å².